The van der Waals surface area contributed by atoms with Crippen LogP contribution in [0.3, 0.4) is 0 Å². The van der Waals surface area contributed by atoms with Gasteiger partial charge in [-0.05, 0) is 43.6 Å². The monoisotopic (exact) mass is 249 g/mol. The van der Waals surface area contributed by atoms with Crippen molar-refractivity contribution in [3.63, 3.8) is 0 Å². The molecular formula is C15H23NO2. The zero-order chi connectivity index (χ0) is 12.0. The van der Waals surface area contributed by atoms with Gasteiger partial charge < -0.3 is 9.47 Å². The van der Waals surface area contributed by atoms with Crippen LogP contribution in [0.1, 0.15) is 25.7 Å². The van der Waals surface area contributed by atoms with Gasteiger partial charge in [-0.15, -0.1) is 0 Å². The normalized spacial score (nSPS) is 42.1. The molecular weight excluding hydrogens is 226 g/mol. The minimum absolute atomic E-state index is 0.244. The summed E-state index contributed by atoms with van der Waals surface area (Å²) in [5.41, 5.74) is 0. The lowest BCUT2D eigenvalue weighted by Gasteiger charge is -2.40. The molecule has 0 aromatic carbocycles. The van der Waals surface area contributed by atoms with Gasteiger partial charge in [-0.2, -0.15) is 0 Å². The van der Waals surface area contributed by atoms with Crippen LogP contribution >= 0.6 is 0 Å². The molecule has 1 spiro atoms. The molecule has 0 N–H and O–H groups in total. The predicted molar refractivity (Wildman–Crippen MR) is 69.2 cm³/mol. The van der Waals surface area contributed by atoms with Gasteiger partial charge in [0.05, 0.1) is 19.8 Å². The van der Waals surface area contributed by atoms with Crippen LogP contribution in [0.15, 0.2) is 12.2 Å². The summed E-state index contributed by atoms with van der Waals surface area (Å²) >= 11 is 0. The Balaban J connectivity index is 1.38. The number of nitrogens with zero attached hydrogens (tertiary/aromatic N) is 1. The molecule has 4 aliphatic rings. The fraction of sp³-hybridized carbons (Fsp3) is 0.867. The van der Waals surface area contributed by atoms with Crippen molar-refractivity contribution in [1.82, 2.24) is 4.90 Å². The van der Waals surface area contributed by atoms with E-state index in [4.69, 9.17) is 9.47 Å². The van der Waals surface area contributed by atoms with Crippen LogP contribution in [-0.2, 0) is 9.47 Å². The van der Waals surface area contributed by atoms with Crippen LogP contribution < -0.4 is 0 Å². The van der Waals surface area contributed by atoms with Gasteiger partial charge in [-0.1, -0.05) is 12.2 Å². The van der Waals surface area contributed by atoms with Crippen molar-refractivity contribution in [3.8, 4) is 0 Å². The number of rotatable bonds is 2. The van der Waals surface area contributed by atoms with Crippen molar-refractivity contribution in [2.45, 2.75) is 31.5 Å². The molecule has 18 heavy (non-hydrogen) atoms. The Kier molecular flexibility index (Phi) is 2.75. The lowest BCUT2D eigenvalue weighted by atomic mass is 9.92. The number of hydrogen-bond acceptors (Lipinski definition) is 3. The smallest absolute Gasteiger partial charge is 0.181 e. The number of hydrogen-bond donors (Lipinski definition) is 0. The Labute approximate surface area is 109 Å². The average Bonchev–Trinajstić information content (AvgIpc) is 3.06. The minimum atomic E-state index is -0.244. The van der Waals surface area contributed by atoms with E-state index >= 15 is 0 Å². The van der Waals surface area contributed by atoms with E-state index in [1.54, 1.807) is 0 Å². The topological polar surface area (TPSA) is 21.7 Å². The SMILES string of the molecule is C1=CC2CC1CC2CN1CCCC2(C1)OCCO2. The highest BCUT2D eigenvalue weighted by molar-refractivity contribution is 5.10. The lowest BCUT2D eigenvalue weighted by molar-refractivity contribution is -0.190. The third-order valence-electron chi connectivity index (χ3n) is 5.22. The highest BCUT2D eigenvalue weighted by Gasteiger charge is 2.43. The van der Waals surface area contributed by atoms with Crippen molar-refractivity contribution >= 4 is 0 Å². The molecule has 4 rings (SSSR count). The molecule has 1 saturated carbocycles. The number of fused-ring (bicyclic) bond motifs is 2. The van der Waals surface area contributed by atoms with E-state index < -0.39 is 0 Å². The minimum Gasteiger partial charge on any atom is -0.346 e. The molecule has 0 aromatic rings. The van der Waals surface area contributed by atoms with Crippen LogP contribution in [0.5, 0.6) is 0 Å². The highest BCUT2D eigenvalue weighted by atomic mass is 16.7. The van der Waals surface area contributed by atoms with Gasteiger partial charge in [0.15, 0.2) is 5.79 Å². The maximum absolute atomic E-state index is 5.86. The highest BCUT2D eigenvalue weighted by Crippen LogP contribution is 2.44. The van der Waals surface area contributed by atoms with Crippen molar-refractivity contribution in [3.05, 3.63) is 12.2 Å². The summed E-state index contributed by atoms with van der Waals surface area (Å²) < 4.78 is 11.7. The summed E-state index contributed by atoms with van der Waals surface area (Å²) in [6.45, 7) is 5.03. The zero-order valence-corrected chi connectivity index (χ0v) is 11.0. The first kappa shape index (κ1) is 11.4. The van der Waals surface area contributed by atoms with Crippen molar-refractivity contribution < 1.29 is 9.47 Å². The van der Waals surface area contributed by atoms with Gasteiger partial charge in [0.25, 0.3) is 0 Å². The van der Waals surface area contributed by atoms with E-state index in [-0.39, 0.29) is 5.79 Å². The van der Waals surface area contributed by atoms with Crippen molar-refractivity contribution in [2.75, 3.05) is 32.8 Å². The van der Waals surface area contributed by atoms with E-state index in [0.717, 1.165) is 43.9 Å². The molecule has 3 nitrogen and oxygen atoms in total. The van der Waals surface area contributed by atoms with Gasteiger partial charge in [0.2, 0.25) is 0 Å². The van der Waals surface area contributed by atoms with Gasteiger partial charge >= 0.3 is 0 Å². The Morgan fingerprint density at radius 1 is 1.17 bits per heavy atom. The molecule has 2 heterocycles. The van der Waals surface area contributed by atoms with E-state index in [1.165, 1.54) is 32.4 Å². The summed E-state index contributed by atoms with van der Waals surface area (Å²) in [4.78, 5) is 2.59. The summed E-state index contributed by atoms with van der Waals surface area (Å²) in [6, 6.07) is 0. The molecule has 3 heteroatoms. The number of allylic oxidation sites excluding steroid dienone is 2. The molecule has 0 aromatic heterocycles. The first-order valence-electron chi connectivity index (χ1n) is 7.52. The van der Waals surface area contributed by atoms with Crippen LogP contribution in [-0.4, -0.2) is 43.5 Å². The van der Waals surface area contributed by atoms with E-state index in [2.05, 4.69) is 17.1 Å². The van der Waals surface area contributed by atoms with Crippen molar-refractivity contribution in [1.29, 1.82) is 0 Å². The summed E-state index contributed by atoms with van der Waals surface area (Å²) in [5, 5.41) is 0. The fourth-order valence-electron chi connectivity index (χ4n) is 4.40. The van der Waals surface area contributed by atoms with Crippen LogP contribution in [0, 0.1) is 17.8 Å². The third-order valence-corrected chi connectivity index (χ3v) is 5.22. The average molecular weight is 249 g/mol. The lowest BCUT2D eigenvalue weighted by Crippen LogP contribution is -2.50. The van der Waals surface area contributed by atoms with Crippen LogP contribution in [0.25, 0.3) is 0 Å². The quantitative estimate of drug-likeness (QED) is 0.699. The number of piperidine rings is 1. The maximum Gasteiger partial charge on any atom is 0.181 e. The van der Waals surface area contributed by atoms with Crippen molar-refractivity contribution in [2.24, 2.45) is 17.8 Å². The largest absolute Gasteiger partial charge is 0.346 e. The third kappa shape index (κ3) is 1.93. The van der Waals surface area contributed by atoms with E-state index in [1.807, 2.05) is 0 Å². The fourth-order valence-corrected chi connectivity index (χ4v) is 4.40. The zero-order valence-electron chi connectivity index (χ0n) is 11.0. The second kappa shape index (κ2) is 4.32. The Bertz CT molecular complexity index is 348. The molecule has 0 radical (unpaired) electrons. The molecule has 2 aliphatic carbocycles. The van der Waals surface area contributed by atoms with Crippen LogP contribution in [0.2, 0.25) is 0 Å². The standard InChI is InChI=1S/C15H23NO2/c1-4-15(17-6-7-18-15)11-16(5-1)10-14-9-12-2-3-13(14)8-12/h2-3,12-14H,1,4-11H2. The first-order valence-corrected chi connectivity index (χ1v) is 7.52. The molecule has 3 atom stereocenters. The first-order chi connectivity index (χ1) is 8.83. The van der Waals surface area contributed by atoms with E-state index in [9.17, 15) is 0 Å². The van der Waals surface area contributed by atoms with Gasteiger partial charge in [-0.25, -0.2) is 0 Å². The molecule has 3 unspecified atom stereocenters. The Hall–Kier alpha value is -0.380. The number of ether oxygens (including phenoxy) is 2. The number of likely N-dealkylation sites (tertiary alicyclic amines) is 1. The predicted octanol–water partition coefficient (Wildman–Crippen LogP) is 2.04. The van der Waals surface area contributed by atoms with Gasteiger partial charge in [0, 0.05) is 13.0 Å². The molecule has 2 bridgehead atoms. The van der Waals surface area contributed by atoms with Crippen LogP contribution in [0.4, 0.5) is 0 Å². The summed E-state index contributed by atoms with van der Waals surface area (Å²) in [5.74, 6) is 2.39. The van der Waals surface area contributed by atoms with Gasteiger partial charge in [0.1, 0.15) is 0 Å². The van der Waals surface area contributed by atoms with E-state index in [0.29, 0.717) is 0 Å². The second-order valence-corrected chi connectivity index (χ2v) is 6.49. The Morgan fingerprint density at radius 3 is 2.78 bits per heavy atom. The molecule has 2 saturated heterocycles. The molecule has 3 fully saturated rings. The van der Waals surface area contributed by atoms with Gasteiger partial charge in [-0.3, -0.25) is 4.90 Å². The Morgan fingerprint density at radius 2 is 2.06 bits per heavy atom. The molecule has 0 amide bonds. The maximum atomic E-state index is 5.86. The molecule has 100 valence electrons. The second-order valence-electron chi connectivity index (χ2n) is 6.49. The summed E-state index contributed by atoms with van der Waals surface area (Å²) in [6.07, 6.45) is 10.0. The molecule has 2 aliphatic heterocycles. The summed E-state index contributed by atoms with van der Waals surface area (Å²) in [7, 11) is 0.